The quantitative estimate of drug-likeness (QED) is 0.376. The lowest BCUT2D eigenvalue weighted by atomic mass is 9.86. The lowest BCUT2D eigenvalue weighted by Crippen LogP contribution is -2.02. The molecule has 3 aromatic carbocycles. The fourth-order valence-electron chi connectivity index (χ4n) is 3.34. The Morgan fingerprint density at radius 1 is 0.864 bits per heavy atom. The van der Waals surface area contributed by atoms with Crippen molar-refractivity contribution in [3.8, 4) is 0 Å². The number of fused-ring (bicyclic) bond motifs is 5. The Morgan fingerprint density at radius 3 is 2.36 bits per heavy atom. The van der Waals surface area contributed by atoms with Crippen LogP contribution in [0.2, 0.25) is 0 Å². The van der Waals surface area contributed by atoms with E-state index in [0.717, 1.165) is 0 Å². The predicted octanol–water partition coefficient (Wildman–Crippen LogP) is 4.52. The van der Waals surface area contributed by atoms with Gasteiger partial charge in [-0.05, 0) is 58.4 Å². The highest BCUT2D eigenvalue weighted by atomic mass is 16.9. The second-order valence-corrected chi connectivity index (χ2v) is 5.53. The first-order valence-corrected chi connectivity index (χ1v) is 7.42. The highest BCUT2D eigenvalue weighted by molar-refractivity contribution is 6.08. The number of aryl methyl sites for hydroxylation is 2. The number of hydrogen-bond donors (Lipinski definition) is 1. The summed E-state index contributed by atoms with van der Waals surface area (Å²) in [6.45, 7) is 0. The second kappa shape index (κ2) is 6.02. The van der Waals surface area contributed by atoms with E-state index < -0.39 is 5.09 Å². The van der Waals surface area contributed by atoms with Gasteiger partial charge in [0.1, 0.15) is 0 Å². The minimum Gasteiger partial charge on any atom is -0.328 e. The third-order valence-corrected chi connectivity index (χ3v) is 4.26. The van der Waals surface area contributed by atoms with Crippen LogP contribution in [0.4, 0.5) is 0 Å². The van der Waals surface area contributed by atoms with Crippen LogP contribution < -0.4 is 0 Å². The maximum Gasteiger partial charge on any atom is 0.291 e. The second-order valence-electron chi connectivity index (χ2n) is 5.53. The molecule has 1 aliphatic carbocycles. The van der Waals surface area contributed by atoms with Gasteiger partial charge in [-0.2, -0.15) is 0 Å². The van der Waals surface area contributed by atoms with Crippen molar-refractivity contribution in [1.29, 1.82) is 0 Å². The van der Waals surface area contributed by atoms with Gasteiger partial charge in [-0.25, -0.2) is 0 Å². The Morgan fingerprint density at radius 2 is 1.55 bits per heavy atom. The molecule has 0 spiro atoms. The molecule has 22 heavy (non-hydrogen) atoms. The molecule has 0 aliphatic heterocycles. The molecular formula is C18H17NO3. The van der Waals surface area contributed by atoms with E-state index in [1.807, 2.05) is 0 Å². The van der Waals surface area contributed by atoms with Crippen LogP contribution in [0, 0.1) is 10.1 Å². The van der Waals surface area contributed by atoms with Gasteiger partial charge in [-0.3, -0.25) is 0 Å². The Bertz CT molecular complexity index is 838. The summed E-state index contributed by atoms with van der Waals surface area (Å²) in [5, 5.41) is 19.3. The fourth-order valence-corrected chi connectivity index (χ4v) is 3.34. The monoisotopic (exact) mass is 295 g/mol. The van der Waals surface area contributed by atoms with Crippen molar-refractivity contribution in [2.45, 2.75) is 25.7 Å². The zero-order valence-electron chi connectivity index (χ0n) is 12.2. The number of rotatable bonds is 0. The third kappa shape index (κ3) is 2.72. The summed E-state index contributed by atoms with van der Waals surface area (Å²) in [5.41, 5.74) is 3.17. The van der Waals surface area contributed by atoms with Crippen LogP contribution in [0.5, 0.6) is 0 Å². The minimum atomic E-state index is -1.50. The summed E-state index contributed by atoms with van der Waals surface area (Å²) < 4.78 is 0. The number of nitrogens with zero attached hydrogens (tertiary/aromatic N) is 1. The molecule has 3 aromatic rings. The number of benzene rings is 3. The van der Waals surface area contributed by atoms with E-state index in [2.05, 4.69) is 48.5 Å². The largest absolute Gasteiger partial charge is 0.328 e. The summed E-state index contributed by atoms with van der Waals surface area (Å²) in [4.78, 5) is 8.36. The molecule has 4 nitrogen and oxygen atoms in total. The van der Waals surface area contributed by atoms with E-state index >= 15 is 0 Å². The first-order chi connectivity index (χ1) is 10.7. The van der Waals surface area contributed by atoms with Crippen LogP contribution in [0.3, 0.4) is 0 Å². The molecule has 4 heteroatoms. The van der Waals surface area contributed by atoms with Crippen molar-refractivity contribution < 1.29 is 10.3 Å². The molecule has 0 saturated heterocycles. The molecule has 4 rings (SSSR count). The zero-order valence-corrected chi connectivity index (χ0v) is 12.2. The van der Waals surface area contributed by atoms with Gasteiger partial charge in [-0.1, -0.05) is 48.5 Å². The summed E-state index contributed by atoms with van der Waals surface area (Å²) >= 11 is 0. The van der Waals surface area contributed by atoms with Gasteiger partial charge >= 0.3 is 0 Å². The van der Waals surface area contributed by atoms with Gasteiger partial charge in [0.05, 0.1) is 0 Å². The van der Waals surface area contributed by atoms with Gasteiger partial charge in [0.15, 0.2) is 0 Å². The lowest BCUT2D eigenvalue weighted by molar-refractivity contribution is -0.742. The van der Waals surface area contributed by atoms with Crippen LogP contribution >= 0.6 is 0 Å². The maximum atomic E-state index is 8.36. The normalized spacial score (nSPS) is 13.3. The first kappa shape index (κ1) is 14.3. The summed E-state index contributed by atoms with van der Waals surface area (Å²) in [5.74, 6) is 0. The van der Waals surface area contributed by atoms with Crippen LogP contribution in [0.25, 0.3) is 21.5 Å². The SMILES string of the molecule is O=[N+]([O-])O.c1ccc2c(c1)ccc1c3c(ccc12)CCCC3. The van der Waals surface area contributed by atoms with E-state index in [4.69, 9.17) is 15.3 Å². The van der Waals surface area contributed by atoms with Crippen molar-refractivity contribution in [1.82, 2.24) is 0 Å². The molecule has 0 bridgehead atoms. The summed E-state index contributed by atoms with van der Waals surface area (Å²) in [7, 11) is 0. The van der Waals surface area contributed by atoms with E-state index in [1.54, 1.807) is 11.1 Å². The van der Waals surface area contributed by atoms with Gasteiger partial charge in [0, 0.05) is 0 Å². The van der Waals surface area contributed by atoms with Crippen LogP contribution in [-0.2, 0) is 12.8 Å². The lowest BCUT2D eigenvalue weighted by Gasteiger charge is -2.18. The highest BCUT2D eigenvalue weighted by Gasteiger charge is 2.13. The Balaban J connectivity index is 0.000000325. The van der Waals surface area contributed by atoms with Crippen molar-refractivity contribution >= 4 is 21.5 Å². The van der Waals surface area contributed by atoms with Gasteiger partial charge in [0.25, 0.3) is 5.09 Å². The van der Waals surface area contributed by atoms with Crippen molar-refractivity contribution in [3.05, 3.63) is 69.8 Å². The topological polar surface area (TPSA) is 63.4 Å². The molecular weight excluding hydrogens is 278 g/mol. The zero-order chi connectivity index (χ0) is 15.5. The molecule has 0 fully saturated rings. The maximum absolute atomic E-state index is 8.36. The molecule has 0 unspecified atom stereocenters. The van der Waals surface area contributed by atoms with E-state index in [9.17, 15) is 0 Å². The molecule has 1 aliphatic rings. The first-order valence-electron chi connectivity index (χ1n) is 7.42. The average molecular weight is 295 g/mol. The summed E-state index contributed by atoms with van der Waals surface area (Å²) in [6, 6.07) is 18.0. The van der Waals surface area contributed by atoms with E-state index in [1.165, 1.54) is 47.2 Å². The van der Waals surface area contributed by atoms with Crippen LogP contribution in [0.1, 0.15) is 24.0 Å². The molecule has 0 radical (unpaired) electrons. The van der Waals surface area contributed by atoms with Crippen molar-refractivity contribution in [2.75, 3.05) is 0 Å². The van der Waals surface area contributed by atoms with Crippen molar-refractivity contribution in [3.63, 3.8) is 0 Å². The minimum absolute atomic E-state index is 1.25. The van der Waals surface area contributed by atoms with Gasteiger partial charge < -0.3 is 5.21 Å². The highest BCUT2D eigenvalue weighted by Crippen LogP contribution is 2.33. The predicted molar refractivity (Wildman–Crippen MR) is 86.9 cm³/mol. The number of hydrogen-bond acceptors (Lipinski definition) is 2. The van der Waals surface area contributed by atoms with E-state index in [0.29, 0.717) is 0 Å². The van der Waals surface area contributed by atoms with Crippen molar-refractivity contribution in [2.24, 2.45) is 0 Å². The molecule has 1 N–H and O–H groups in total. The standard InChI is InChI=1S/C18H16.HNO3/c1-3-7-15-13(5-1)9-11-18-16-8-4-2-6-14(16)10-12-17(15)18;2-1(3)4/h1,3,5,7,9-12H,2,4,6,8H2;(H,2,3,4). The fraction of sp³-hybridized carbons (Fsp3) is 0.222. The van der Waals surface area contributed by atoms with Crippen LogP contribution in [-0.4, -0.2) is 10.3 Å². The summed E-state index contributed by atoms with van der Waals surface area (Å²) in [6.07, 6.45) is 5.22. The smallest absolute Gasteiger partial charge is 0.291 e. The van der Waals surface area contributed by atoms with Gasteiger partial charge in [-0.15, -0.1) is 10.1 Å². The Hall–Kier alpha value is -2.62. The third-order valence-electron chi connectivity index (χ3n) is 4.26. The molecule has 112 valence electrons. The molecule has 0 saturated carbocycles. The molecule has 0 amide bonds. The molecule has 0 atom stereocenters. The van der Waals surface area contributed by atoms with Gasteiger partial charge in [0.2, 0.25) is 0 Å². The molecule has 0 aromatic heterocycles. The Labute approximate surface area is 128 Å². The van der Waals surface area contributed by atoms with Crippen LogP contribution in [0.15, 0.2) is 48.5 Å². The average Bonchev–Trinajstić information content (AvgIpc) is 2.54. The molecule has 0 heterocycles. The van der Waals surface area contributed by atoms with E-state index in [-0.39, 0.29) is 0 Å². The Kier molecular flexibility index (Phi) is 3.92.